The highest BCUT2D eigenvalue weighted by molar-refractivity contribution is 7.90. The summed E-state index contributed by atoms with van der Waals surface area (Å²) in [6.07, 6.45) is 6.06. The van der Waals surface area contributed by atoms with Crippen molar-refractivity contribution in [1.82, 2.24) is 9.62 Å². The topological polar surface area (TPSA) is 99.2 Å². The summed E-state index contributed by atoms with van der Waals surface area (Å²) in [6.45, 7) is 7.45. The number of rotatable bonds is 1. The monoisotopic (exact) mass is 657 g/mol. The van der Waals surface area contributed by atoms with Gasteiger partial charge in [-0.2, -0.15) is 0 Å². The minimum atomic E-state index is -3.96. The quantitative estimate of drug-likeness (QED) is 0.424. The van der Waals surface area contributed by atoms with Crippen LogP contribution in [0, 0.1) is 17.8 Å². The van der Waals surface area contributed by atoms with E-state index < -0.39 is 26.8 Å². The smallest absolute Gasteiger partial charge is 0.264 e. The normalized spacial score (nSPS) is 35.0. The number of carbonyl (C=O) groups excluding carboxylic acids is 1. The first-order valence-electron chi connectivity index (χ1n) is 16.4. The molecule has 1 amide bonds. The lowest BCUT2D eigenvalue weighted by Crippen LogP contribution is -2.54. The standard InChI is InChI=1S/C35H48ClN3O5S/c1-22-15-28(38(4)5)18-34(3,41)29-11-8-26(29)19-39-20-35(14-6-7-24-16-27(36)10-12-30(24)35)21-44-32-13-9-25(17-31(32)39)33(40)37-45(42,43)23(22)2/h9-10,12-13,16-17,22-23,26,28-29,41H,6-8,11,14-15,18-21H2,1-5H3,(H,37,40)/t22-,23+,26-,28+,29+,34+,35-/m0/s1. The molecule has 2 bridgehead atoms. The number of ether oxygens (including phenoxy) is 1. The molecule has 0 aromatic heterocycles. The van der Waals surface area contributed by atoms with Crippen LogP contribution in [0.2, 0.25) is 5.02 Å². The molecule has 1 fully saturated rings. The van der Waals surface area contributed by atoms with Gasteiger partial charge in [0.25, 0.3) is 5.91 Å². The number of anilines is 1. The number of nitrogens with zero attached hydrogens (tertiary/aromatic N) is 2. The van der Waals surface area contributed by atoms with Crippen LogP contribution in [-0.4, -0.2) is 75.0 Å². The molecule has 2 aromatic rings. The van der Waals surface area contributed by atoms with E-state index >= 15 is 0 Å². The van der Waals surface area contributed by atoms with E-state index in [-0.39, 0.29) is 34.8 Å². The van der Waals surface area contributed by atoms with Crippen molar-refractivity contribution in [3.05, 3.63) is 58.1 Å². The van der Waals surface area contributed by atoms with Crippen LogP contribution in [0.5, 0.6) is 5.75 Å². The third-order valence-electron chi connectivity index (χ3n) is 11.5. The molecule has 6 rings (SSSR count). The Labute approximate surface area is 273 Å². The number of aliphatic hydroxyl groups is 1. The molecule has 1 spiro atoms. The average molecular weight is 658 g/mol. The second-order valence-corrected chi connectivity index (χ2v) is 17.3. The third kappa shape index (κ3) is 6.22. The van der Waals surface area contributed by atoms with E-state index in [0.29, 0.717) is 38.3 Å². The number of benzene rings is 2. The molecule has 45 heavy (non-hydrogen) atoms. The van der Waals surface area contributed by atoms with Gasteiger partial charge in [-0.1, -0.05) is 24.6 Å². The number of nitrogens with one attached hydrogen (secondary N) is 1. The van der Waals surface area contributed by atoms with Crippen LogP contribution in [0.15, 0.2) is 36.4 Å². The second kappa shape index (κ2) is 12.0. The zero-order valence-corrected chi connectivity index (χ0v) is 28.8. The Morgan fingerprint density at radius 3 is 2.62 bits per heavy atom. The Bertz CT molecular complexity index is 1560. The van der Waals surface area contributed by atoms with Crippen LogP contribution in [-0.2, 0) is 21.9 Å². The molecule has 2 aliphatic carbocycles. The number of sulfonamides is 1. The van der Waals surface area contributed by atoms with Gasteiger partial charge in [-0.05, 0) is 132 Å². The number of amides is 1. The first-order valence-corrected chi connectivity index (χ1v) is 18.4. The fourth-order valence-electron chi connectivity index (χ4n) is 8.46. The molecule has 4 aliphatic rings. The summed E-state index contributed by atoms with van der Waals surface area (Å²) in [4.78, 5) is 18.0. The van der Waals surface area contributed by atoms with Crippen LogP contribution in [0.4, 0.5) is 5.69 Å². The Kier molecular flexibility index (Phi) is 8.72. The van der Waals surface area contributed by atoms with E-state index in [4.69, 9.17) is 16.3 Å². The lowest BCUT2D eigenvalue weighted by Gasteiger charge is -2.50. The van der Waals surface area contributed by atoms with Crippen molar-refractivity contribution in [3.8, 4) is 5.75 Å². The number of fused-ring (bicyclic) bond motifs is 4. The Morgan fingerprint density at radius 1 is 1.13 bits per heavy atom. The lowest BCUT2D eigenvalue weighted by molar-refractivity contribution is -0.0857. The first-order chi connectivity index (χ1) is 21.2. The summed E-state index contributed by atoms with van der Waals surface area (Å²) in [6, 6.07) is 11.4. The van der Waals surface area contributed by atoms with Gasteiger partial charge in [0, 0.05) is 35.1 Å². The number of hydrogen-bond acceptors (Lipinski definition) is 7. The Balaban J connectivity index is 1.44. The van der Waals surface area contributed by atoms with Gasteiger partial charge in [0.1, 0.15) is 5.75 Å². The number of carbonyl (C=O) groups is 1. The van der Waals surface area contributed by atoms with Crippen molar-refractivity contribution in [1.29, 1.82) is 0 Å². The average Bonchev–Trinajstić information content (AvgIpc) is 3.10. The van der Waals surface area contributed by atoms with Gasteiger partial charge in [0.2, 0.25) is 10.0 Å². The van der Waals surface area contributed by atoms with Gasteiger partial charge in [0.05, 0.1) is 23.1 Å². The maximum Gasteiger partial charge on any atom is 0.264 e. The van der Waals surface area contributed by atoms with Crippen LogP contribution in [0.1, 0.15) is 80.8 Å². The molecule has 0 unspecified atom stereocenters. The van der Waals surface area contributed by atoms with Crippen molar-refractivity contribution >= 4 is 33.2 Å². The highest BCUT2D eigenvalue weighted by Gasteiger charge is 2.48. The second-order valence-electron chi connectivity index (χ2n) is 14.8. The molecule has 2 N–H and O–H groups in total. The van der Waals surface area contributed by atoms with Crippen molar-refractivity contribution in [2.45, 2.75) is 88.0 Å². The zero-order valence-electron chi connectivity index (χ0n) is 27.2. The SMILES string of the molecule is C[C@@H]1[C@@H](C)C[C@@H](N(C)C)C[C@@](C)(O)[C@@H]2CC[C@H]2CN2C[C@@]3(CCCc4cc(Cl)ccc43)COc3ccc(cc32)C(=O)NS1(=O)=O. The first kappa shape index (κ1) is 32.6. The van der Waals surface area contributed by atoms with Crippen molar-refractivity contribution < 1.29 is 23.1 Å². The minimum absolute atomic E-state index is 0.0164. The summed E-state index contributed by atoms with van der Waals surface area (Å²) in [5, 5.41) is 12.0. The fourth-order valence-corrected chi connectivity index (χ4v) is 9.94. The molecule has 2 aromatic carbocycles. The predicted molar refractivity (Wildman–Crippen MR) is 179 cm³/mol. The molecule has 2 aliphatic heterocycles. The molecule has 2 heterocycles. The third-order valence-corrected chi connectivity index (χ3v) is 13.7. The predicted octanol–water partition coefficient (Wildman–Crippen LogP) is 5.40. The molecule has 246 valence electrons. The summed E-state index contributed by atoms with van der Waals surface area (Å²) in [7, 11) is 0.0226. The van der Waals surface area contributed by atoms with Crippen molar-refractivity contribution in [2.75, 3.05) is 38.7 Å². The maximum absolute atomic E-state index is 13.5. The van der Waals surface area contributed by atoms with Gasteiger partial charge in [-0.25, -0.2) is 13.1 Å². The van der Waals surface area contributed by atoms with Crippen molar-refractivity contribution in [3.63, 3.8) is 0 Å². The van der Waals surface area contributed by atoms with Crippen molar-refractivity contribution in [2.24, 2.45) is 17.8 Å². The van der Waals surface area contributed by atoms with Crippen LogP contribution >= 0.6 is 11.6 Å². The minimum Gasteiger partial charge on any atom is -0.490 e. The Morgan fingerprint density at radius 2 is 1.91 bits per heavy atom. The van der Waals surface area contributed by atoms with E-state index in [2.05, 4.69) is 26.7 Å². The molecule has 10 heteroatoms. The van der Waals surface area contributed by atoms with E-state index in [1.54, 1.807) is 25.1 Å². The van der Waals surface area contributed by atoms with Crippen LogP contribution < -0.4 is 14.4 Å². The van der Waals surface area contributed by atoms with Gasteiger partial charge in [-0.3, -0.25) is 4.79 Å². The van der Waals surface area contributed by atoms with E-state index in [1.165, 1.54) is 11.1 Å². The van der Waals surface area contributed by atoms with Gasteiger partial charge < -0.3 is 19.6 Å². The van der Waals surface area contributed by atoms with Gasteiger partial charge in [0.15, 0.2) is 0 Å². The van der Waals surface area contributed by atoms with Gasteiger partial charge >= 0.3 is 0 Å². The number of aryl methyl sites for hydroxylation is 1. The molecule has 0 radical (unpaired) electrons. The summed E-state index contributed by atoms with van der Waals surface area (Å²) in [5.74, 6) is 0.196. The number of halogens is 1. The molecular formula is C35H48ClN3O5S. The van der Waals surface area contributed by atoms with E-state index in [1.807, 2.05) is 34.0 Å². The molecular weight excluding hydrogens is 610 g/mol. The zero-order chi connectivity index (χ0) is 32.3. The summed E-state index contributed by atoms with van der Waals surface area (Å²) >= 11 is 6.42. The summed E-state index contributed by atoms with van der Waals surface area (Å²) in [5.41, 5.74) is 2.41. The highest BCUT2D eigenvalue weighted by Crippen LogP contribution is 2.49. The van der Waals surface area contributed by atoms with E-state index in [0.717, 1.165) is 42.8 Å². The molecule has 8 nitrogen and oxygen atoms in total. The maximum atomic E-state index is 13.5. The fraction of sp³-hybridized carbons (Fsp3) is 0.629. The van der Waals surface area contributed by atoms with Crippen LogP contribution in [0.25, 0.3) is 0 Å². The largest absolute Gasteiger partial charge is 0.490 e. The molecule has 0 saturated heterocycles. The molecule has 1 saturated carbocycles. The lowest BCUT2D eigenvalue weighted by atomic mass is 9.63. The molecule has 7 atom stereocenters. The van der Waals surface area contributed by atoms with Crippen LogP contribution in [0.3, 0.4) is 0 Å². The van der Waals surface area contributed by atoms with E-state index in [9.17, 15) is 18.3 Å². The Hall–Kier alpha value is -2.33. The number of hydrogen-bond donors (Lipinski definition) is 2. The summed E-state index contributed by atoms with van der Waals surface area (Å²) < 4.78 is 35.9. The van der Waals surface area contributed by atoms with Gasteiger partial charge in [-0.15, -0.1) is 0 Å². The highest BCUT2D eigenvalue weighted by atomic mass is 35.5.